The largest absolute Gasteiger partial charge is 0.394 e. The molecule has 6 nitrogen and oxygen atoms in total. The number of amides is 1. The summed E-state index contributed by atoms with van der Waals surface area (Å²) in [6, 6.07) is 11.8. The lowest BCUT2D eigenvalue weighted by Gasteiger charge is -2.26. The summed E-state index contributed by atoms with van der Waals surface area (Å²) in [5.74, 6) is 1.38. The van der Waals surface area contributed by atoms with Gasteiger partial charge in [0.1, 0.15) is 5.76 Å². The van der Waals surface area contributed by atoms with Crippen LogP contribution in [0.25, 0.3) is 0 Å². The fourth-order valence-corrected chi connectivity index (χ4v) is 3.75. The molecule has 1 aliphatic heterocycles. The molecule has 2 heterocycles. The Morgan fingerprint density at radius 2 is 2.12 bits per heavy atom. The van der Waals surface area contributed by atoms with Crippen LogP contribution < -0.4 is 5.32 Å². The fraction of sp³-hybridized carbons (Fsp3) is 0.500. The molecule has 0 spiro atoms. The number of aromatic nitrogens is 1. The molecule has 1 amide bonds. The minimum Gasteiger partial charge on any atom is -0.394 e. The zero-order valence-electron chi connectivity index (χ0n) is 15.0. The van der Waals surface area contributed by atoms with Crippen molar-refractivity contribution in [3.05, 3.63) is 53.4 Å². The maximum Gasteiger partial charge on any atom is 0.273 e. The molecule has 1 saturated heterocycles. The van der Waals surface area contributed by atoms with Crippen LogP contribution in [0, 0.1) is 5.92 Å². The lowest BCUT2D eigenvalue weighted by Crippen LogP contribution is -2.40. The fourth-order valence-electron chi connectivity index (χ4n) is 3.75. The lowest BCUT2D eigenvalue weighted by atomic mass is 10.1. The Morgan fingerprint density at radius 1 is 1.35 bits per heavy atom. The first-order chi connectivity index (χ1) is 12.7. The first-order valence-electron chi connectivity index (χ1n) is 9.33. The molecule has 2 N–H and O–H groups in total. The third-order valence-corrected chi connectivity index (χ3v) is 5.50. The maximum atomic E-state index is 12.5. The number of nitrogens with zero attached hydrogens (tertiary/aromatic N) is 2. The Bertz CT molecular complexity index is 757. The van der Waals surface area contributed by atoms with Crippen molar-refractivity contribution in [1.29, 1.82) is 0 Å². The number of aliphatic hydroxyl groups is 1. The standard InChI is InChI=1S/C20H25N3O3/c1-13-10-23(18(12-24)14-5-3-2-4-6-14)11-17(13)21-20(25)16-9-19(26-22-16)15-7-8-15/h2-6,9,13,15,17-18,24H,7-8,10-12H2,1H3,(H,21,25)/t13-,17+,18?/m0/s1. The Labute approximate surface area is 153 Å². The molecule has 138 valence electrons. The van der Waals surface area contributed by atoms with E-state index in [4.69, 9.17) is 4.52 Å². The van der Waals surface area contributed by atoms with E-state index < -0.39 is 0 Å². The van der Waals surface area contributed by atoms with E-state index in [9.17, 15) is 9.90 Å². The molecule has 0 radical (unpaired) electrons. The van der Waals surface area contributed by atoms with Crippen molar-refractivity contribution in [3.63, 3.8) is 0 Å². The summed E-state index contributed by atoms with van der Waals surface area (Å²) in [6.07, 6.45) is 2.24. The van der Waals surface area contributed by atoms with E-state index >= 15 is 0 Å². The lowest BCUT2D eigenvalue weighted by molar-refractivity contribution is 0.0919. The van der Waals surface area contributed by atoms with E-state index in [-0.39, 0.29) is 24.6 Å². The minimum atomic E-state index is -0.181. The second-order valence-corrected chi connectivity index (χ2v) is 7.51. The highest BCUT2D eigenvalue weighted by Gasteiger charge is 2.36. The Kier molecular flexibility index (Phi) is 4.78. The summed E-state index contributed by atoms with van der Waals surface area (Å²) in [4.78, 5) is 14.8. The third-order valence-electron chi connectivity index (χ3n) is 5.50. The number of nitrogens with one attached hydrogen (secondary N) is 1. The average Bonchev–Trinajstić information content (AvgIpc) is 3.27. The second-order valence-electron chi connectivity index (χ2n) is 7.51. The third kappa shape index (κ3) is 3.52. The first kappa shape index (κ1) is 17.2. The molecule has 4 rings (SSSR count). The minimum absolute atomic E-state index is 0.0290. The molecule has 1 aromatic heterocycles. The van der Waals surface area contributed by atoms with E-state index in [2.05, 4.69) is 22.3 Å². The Hall–Kier alpha value is -2.18. The number of rotatable bonds is 6. The highest BCUT2D eigenvalue weighted by Crippen LogP contribution is 2.40. The Morgan fingerprint density at radius 3 is 2.81 bits per heavy atom. The smallest absolute Gasteiger partial charge is 0.273 e. The molecule has 1 aromatic carbocycles. The van der Waals surface area contributed by atoms with E-state index in [0.717, 1.165) is 30.7 Å². The predicted molar refractivity (Wildman–Crippen MR) is 96.7 cm³/mol. The monoisotopic (exact) mass is 355 g/mol. The van der Waals surface area contributed by atoms with Gasteiger partial charge >= 0.3 is 0 Å². The predicted octanol–water partition coefficient (Wildman–Crippen LogP) is 2.34. The highest BCUT2D eigenvalue weighted by molar-refractivity contribution is 5.92. The molecule has 1 aliphatic carbocycles. The summed E-state index contributed by atoms with van der Waals surface area (Å²) in [5.41, 5.74) is 1.46. The van der Waals surface area contributed by atoms with Crippen molar-refractivity contribution in [2.24, 2.45) is 5.92 Å². The van der Waals surface area contributed by atoms with Gasteiger partial charge in [-0.3, -0.25) is 9.69 Å². The molecule has 1 unspecified atom stereocenters. The van der Waals surface area contributed by atoms with Crippen LogP contribution in [0.3, 0.4) is 0 Å². The molecular formula is C20H25N3O3. The maximum absolute atomic E-state index is 12.5. The zero-order chi connectivity index (χ0) is 18.1. The molecule has 26 heavy (non-hydrogen) atoms. The number of likely N-dealkylation sites (tertiary alicyclic amines) is 1. The summed E-state index contributed by atoms with van der Waals surface area (Å²) in [6.45, 7) is 3.73. The number of hydrogen-bond donors (Lipinski definition) is 2. The van der Waals surface area contributed by atoms with Gasteiger partial charge in [-0.25, -0.2) is 0 Å². The SMILES string of the molecule is C[C@H]1CN(C(CO)c2ccccc2)C[C@H]1NC(=O)c1cc(C2CC2)on1. The molecule has 2 aliphatic rings. The number of hydrogen-bond acceptors (Lipinski definition) is 5. The number of carbonyl (C=O) groups excluding carboxylic acids is 1. The molecule has 0 bridgehead atoms. The van der Waals surface area contributed by atoms with Crippen LogP contribution in [-0.4, -0.2) is 46.8 Å². The van der Waals surface area contributed by atoms with Crippen LogP contribution in [0.4, 0.5) is 0 Å². The summed E-state index contributed by atoms with van der Waals surface area (Å²) < 4.78 is 5.28. The molecule has 6 heteroatoms. The van der Waals surface area contributed by atoms with Crippen LogP contribution in [0.2, 0.25) is 0 Å². The average molecular weight is 355 g/mol. The molecular weight excluding hydrogens is 330 g/mol. The van der Waals surface area contributed by atoms with Crippen molar-refractivity contribution >= 4 is 5.91 Å². The first-order valence-corrected chi connectivity index (χ1v) is 9.33. The van der Waals surface area contributed by atoms with Crippen LogP contribution in [-0.2, 0) is 0 Å². The van der Waals surface area contributed by atoms with Gasteiger partial charge in [0.25, 0.3) is 5.91 Å². The molecule has 1 saturated carbocycles. The highest BCUT2D eigenvalue weighted by atomic mass is 16.5. The van der Waals surface area contributed by atoms with Crippen LogP contribution >= 0.6 is 0 Å². The van der Waals surface area contributed by atoms with Crippen molar-refractivity contribution in [2.75, 3.05) is 19.7 Å². The number of benzene rings is 1. The molecule has 2 aromatic rings. The van der Waals surface area contributed by atoms with Gasteiger partial charge in [0.2, 0.25) is 0 Å². The van der Waals surface area contributed by atoms with Crippen molar-refractivity contribution < 1.29 is 14.4 Å². The van der Waals surface area contributed by atoms with E-state index in [1.54, 1.807) is 6.07 Å². The quantitative estimate of drug-likeness (QED) is 0.831. The van der Waals surface area contributed by atoms with Gasteiger partial charge in [-0.05, 0) is 24.3 Å². The second kappa shape index (κ2) is 7.21. The van der Waals surface area contributed by atoms with Gasteiger partial charge in [-0.1, -0.05) is 42.4 Å². The Balaban J connectivity index is 1.40. The van der Waals surface area contributed by atoms with Crippen LogP contribution in [0.5, 0.6) is 0 Å². The summed E-state index contributed by atoms with van der Waals surface area (Å²) in [7, 11) is 0. The van der Waals surface area contributed by atoms with E-state index in [1.165, 1.54) is 0 Å². The molecule has 2 fully saturated rings. The van der Waals surface area contributed by atoms with Crippen LogP contribution in [0.15, 0.2) is 40.9 Å². The summed E-state index contributed by atoms with van der Waals surface area (Å²) >= 11 is 0. The van der Waals surface area contributed by atoms with Gasteiger partial charge in [-0.15, -0.1) is 0 Å². The van der Waals surface area contributed by atoms with Gasteiger partial charge in [-0.2, -0.15) is 0 Å². The van der Waals surface area contributed by atoms with E-state index in [1.807, 2.05) is 30.3 Å². The molecule has 3 atom stereocenters. The van der Waals surface area contributed by atoms with Gasteiger partial charge in [0.15, 0.2) is 5.69 Å². The van der Waals surface area contributed by atoms with Gasteiger partial charge in [0, 0.05) is 31.1 Å². The van der Waals surface area contributed by atoms with Crippen molar-refractivity contribution in [1.82, 2.24) is 15.4 Å². The van der Waals surface area contributed by atoms with Crippen molar-refractivity contribution in [3.8, 4) is 0 Å². The van der Waals surface area contributed by atoms with Gasteiger partial charge < -0.3 is 14.9 Å². The van der Waals surface area contributed by atoms with Crippen LogP contribution in [0.1, 0.15) is 53.5 Å². The number of carbonyl (C=O) groups is 1. The van der Waals surface area contributed by atoms with Gasteiger partial charge in [0.05, 0.1) is 12.6 Å². The van der Waals surface area contributed by atoms with E-state index in [0.29, 0.717) is 24.1 Å². The topological polar surface area (TPSA) is 78.6 Å². The van der Waals surface area contributed by atoms with Crippen molar-refractivity contribution in [2.45, 2.75) is 37.8 Å². The summed E-state index contributed by atoms with van der Waals surface area (Å²) in [5, 5.41) is 16.9. The normalized spacial score (nSPS) is 24.5. The number of aliphatic hydroxyl groups excluding tert-OH is 1. The zero-order valence-corrected chi connectivity index (χ0v) is 15.0.